The molecule has 2 aliphatic rings. The Morgan fingerprint density at radius 3 is 2.90 bits per heavy atom. The van der Waals surface area contributed by atoms with Crippen LogP contribution in [0.3, 0.4) is 0 Å². The van der Waals surface area contributed by atoms with Gasteiger partial charge in [0.05, 0.1) is 25.3 Å². The number of hydrogen-bond donors (Lipinski definition) is 1. The molecule has 2 aromatic rings. The third-order valence-corrected chi connectivity index (χ3v) is 5.76. The second-order valence-electron chi connectivity index (χ2n) is 7.78. The van der Waals surface area contributed by atoms with Crippen LogP contribution in [-0.2, 0) is 29.0 Å². The number of ether oxygens (including phenoxy) is 1. The molecule has 4 rings (SSSR count). The second kappa shape index (κ2) is 8.69. The van der Waals surface area contributed by atoms with Gasteiger partial charge in [0.2, 0.25) is 11.8 Å². The number of benzene rings is 1. The molecule has 1 atom stereocenters. The Balaban J connectivity index is 1.34. The predicted molar refractivity (Wildman–Crippen MR) is 112 cm³/mol. The minimum atomic E-state index is -0.420. The van der Waals surface area contributed by atoms with Crippen molar-refractivity contribution in [2.45, 2.75) is 38.6 Å². The second-order valence-corrected chi connectivity index (χ2v) is 7.78. The van der Waals surface area contributed by atoms with Crippen LogP contribution < -0.4 is 20.5 Å². The molecule has 1 unspecified atom stereocenters. The molecule has 158 valence electrons. The Labute approximate surface area is 174 Å². The van der Waals surface area contributed by atoms with Crippen molar-refractivity contribution < 1.29 is 14.3 Å². The van der Waals surface area contributed by atoms with Crippen molar-refractivity contribution in [2.24, 2.45) is 5.92 Å². The number of carbonyl (C=O) groups is 2. The van der Waals surface area contributed by atoms with Crippen molar-refractivity contribution in [3.63, 3.8) is 0 Å². The van der Waals surface area contributed by atoms with Crippen LogP contribution >= 0.6 is 0 Å². The van der Waals surface area contributed by atoms with Crippen LogP contribution in [0.25, 0.3) is 0 Å². The van der Waals surface area contributed by atoms with E-state index in [4.69, 9.17) is 4.74 Å². The van der Waals surface area contributed by atoms with Crippen molar-refractivity contribution in [1.82, 2.24) is 15.1 Å². The van der Waals surface area contributed by atoms with E-state index >= 15 is 0 Å². The summed E-state index contributed by atoms with van der Waals surface area (Å²) in [6.45, 7) is 0.946. The maximum absolute atomic E-state index is 12.6. The average molecular weight is 410 g/mol. The van der Waals surface area contributed by atoms with Crippen molar-refractivity contribution in [3.8, 4) is 5.75 Å². The summed E-state index contributed by atoms with van der Waals surface area (Å²) in [5, 5.41) is 7.32. The van der Waals surface area contributed by atoms with Crippen molar-refractivity contribution in [1.29, 1.82) is 0 Å². The van der Waals surface area contributed by atoms with E-state index in [-0.39, 0.29) is 23.8 Å². The third-order valence-electron chi connectivity index (χ3n) is 5.76. The molecule has 1 aromatic carbocycles. The van der Waals surface area contributed by atoms with Gasteiger partial charge in [0, 0.05) is 37.3 Å². The van der Waals surface area contributed by atoms with Crippen LogP contribution in [0.2, 0.25) is 0 Å². The summed E-state index contributed by atoms with van der Waals surface area (Å²) in [6, 6.07) is 8.91. The van der Waals surface area contributed by atoms with Gasteiger partial charge in [-0.1, -0.05) is 6.07 Å². The van der Waals surface area contributed by atoms with Gasteiger partial charge < -0.3 is 15.0 Å². The van der Waals surface area contributed by atoms with Crippen molar-refractivity contribution >= 4 is 17.5 Å². The standard InChI is InChI=1S/C22H26N4O4/c1-30-18-7-4-6-17(13-18)25-14-16(12-20(25)27)22(29)23-9-10-26-21(28)11-15-5-2-3-8-19(15)24-26/h4,6-7,11,13,16H,2-3,5,8-10,12,14H2,1H3,(H,23,29). The zero-order valence-electron chi connectivity index (χ0n) is 17.1. The zero-order chi connectivity index (χ0) is 21.1. The van der Waals surface area contributed by atoms with E-state index in [1.54, 1.807) is 24.1 Å². The SMILES string of the molecule is COc1cccc(N2CC(C(=O)NCCn3nc4c(cc3=O)CCCC4)CC2=O)c1. The van der Waals surface area contributed by atoms with Crippen LogP contribution in [0.5, 0.6) is 5.75 Å². The van der Waals surface area contributed by atoms with Crippen molar-refractivity contribution in [2.75, 3.05) is 25.1 Å². The average Bonchev–Trinajstić information content (AvgIpc) is 3.16. The molecule has 1 fully saturated rings. The number of amides is 2. The first-order chi connectivity index (χ1) is 14.5. The van der Waals surface area contributed by atoms with Gasteiger partial charge in [-0.15, -0.1) is 0 Å². The molecule has 1 aromatic heterocycles. The number of carbonyl (C=O) groups excluding carboxylic acids is 2. The number of nitrogens with zero attached hydrogens (tertiary/aromatic N) is 3. The van der Waals surface area contributed by atoms with Crippen LogP contribution in [0.15, 0.2) is 35.1 Å². The highest BCUT2D eigenvalue weighted by atomic mass is 16.5. The Morgan fingerprint density at radius 1 is 1.23 bits per heavy atom. The molecule has 8 heteroatoms. The summed E-state index contributed by atoms with van der Waals surface area (Å²) in [6.07, 6.45) is 4.16. The lowest BCUT2D eigenvalue weighted by Crippen LogP contribution is -2.37. The van der Waals surface area contributed by atoms with E-state index in [0.717, 1.165) is 42.6 Å². The lowest BCUT2D eigenvalue weighted by molar-refractivity contribution is -0.126. The van der Waals surface area contributed by atoms with E-state index in [2.05, 4.69) is 10.4 Å². The fourth-order valence-corrected chi connectivity index (χ4v) is 4.10. The van der Waals surface area contributed by atoms with E-state index in [0.29, 0.717) is 25.4 Å². The Hall–Kier alpha value is -3.16. The molecule has 0 saturated carbocycles. The molecule has 1 aliphatic carbocycles. The molecule has 30 heavy (non-hydrogen) atoms. The molecule has 0 radical (unpaired) electrons. The van der Waals surface area contributed by atoms with Crippen LogP contribution in [0, 0.1) is 5.92 Å². The Kier molecular flexibility index (Phi) is 5.83. The van der Waals surface area contributed by atoms with E-state index in [9.17, 15) is 14.4 Å². The first kappa shape index (κ1) is 20.1. The van der Waals surface area contributed by atoms with Crippen LogP contribution in [0.1, 0.15) is 30.5 Å². The first-order valence-corrected chi connectivity index (χ1v) is 10.4. The normalized spacial score (nSPS) is 18.2. The number of fused-ring (bicyclic) bond motifs is 1. The van der Waals surface area contributed by atoms with Gasteiger partial charge in [-0.05, 0) is 43.4 Å². The van der Waals surface area contributed by atoms with Crippen LogP contribution in [-0.4, -0.2) is 41.8 Å². The smallest absolute Gasteiger partial charge is 0.267 e. The van der Waals surface area contributed by atoms with Gasteiger partial charge in [0.15, 0.2) is 0 Å². The van der Waals surface area contributed by atoms with Gasteiger partial charge in [0.25, 0.3) is 5.56 Å². The molecule has 1 N–H and O–H groups in total. The van der Waals surface area contributed by atoms with Gasteiger partial charge in [0.1, 0.15) is 5.75 Å². The molecule has 1 saturated heterocycles. The maximum atomic E-state index is 12.6. The van der Waals surface area contributed by atoms with Gasteiger partial charge in [-0.25, -0.2) is 4.68 Å². The molecule has 1 aliphatic heterocycles. The summed E-state index contributed by atoms with van der Waals surface area (Å²) in [7, 11) is 1.57. The monoisotopic (exact) mass is 410 g/mol. The molecular formula is C22H26N4O4. The molecule has 0 spiro atoms. The highest BCUT2D eigenvalue weighted by molar-refractivity contribution is 6.00. The number of hydrogen-bond acceptors (Lipinski definition) is 5. The van der Waals surface area contributed by atoms with Gasteiger partial charge in [-0.3, -0.25) is 14.4 Å². The number of methoxy groups -OCH3 is 1. The predicted octanol–water partition coefficient (Wildman–Crippen LogP) is 1.30. The highest BCUT2D eigenvalue weighted by Crippen LogP contribution is 2.28. The molecule has 8 nitrogen and oxygen atoms in total. The molecule has 0 bridgehead atoms. The number of rotatable bonds is 6. The summed E-state index contributed by atoms with van der Waals surface area (Å²) in [4.78, 5) is 38.8. The van der Waals surface area contributed by atoms with Crippen LogP contribution in [0.4, 0.5) is 5.69 Å². The lowest BCUT2D eigenvalue weighted by Gasteiger charge is -2.18. The topological polar surface area (TPSA) is 93.5 Å². The third kappa shape index (κ3) is 4.22. The minimum Gasteiger partial charge on any atom is -0.497 e. The fraction of sp³-hybridized carbons (Fsp3) is 0.455. The Bertz CT molecular complexity index is 1020. The number of nitrogens with one attached hydrogen (secondary N) is 1. The summed E-state index contributed by atoms with van der Waals surface area (Å²) in [5.41, 5.74) is 2.63. The summed E-state index contributed by atoms with van der Waals surface area (Å²) < 4.78 is 6.64. The molecular weight excluding hydrogens is 384 g/mol. The van der Waals surface area contributed by atoms with Gasteiger partial charge >= 0.3 is 0 Å². The van der Waals surface area contributed by atoms with Gasteiger partial charge in [-0.2, -0.15) is 5.10 Å². The highest BCUT2D eigenvalue weighted by Gasteiger charge is 2.35. The number of aromatic nitrogens is 2. The quantitative estimate of drug-likeness (QED) is 0.775. The minimum absolute atomic E-state index is 0.0871. The number of anilines is 1. The fourth-order valence-electron chi connectivity index (χ4n) is 4.10. The molecule has 2 amide bonds. The van der Waals surface area contributed by atoms with Crippen molar-refractivity contribution in [3.05, 3.63) is 51.9 Å². The number of aryl methyl sites for hydroxylation is 2. The maximum Gasteiger partial charge on any atom is 0.267 e. The lowest BCUT2D eigenvalue weighted by atomic mass is 9.97. The Morgan fingerprint density at radius 2 is 2.07 bits per heavy atom. The van der Waals surface area contributed by atoms with E-state index in [1.807, 2.05) is 18.2 Å². The zero-order valence-corrected chi connectivity index (χ0v) is 17.1. The largest absolute Gasteiger partial charge is 0.497 e. The summed E-state index contributed by atoms with van der Waals surface area (Å²) >= 11 is 0. The summed E-state index contributed by atoms with van der Waals surface area (Å²) in [5.74, 6) is -0.0242. The molecule has 2 heterocycles. The van der Waals surface area contributed by atoms with E-state index < -0.39 is 5.92 Å². The first-order valence-electron chi connectivity index (χ1n) is 10.4. The van der Waals surface area contributed by atoms with E-state index in [1.165, 1.54) is 4.68 Å².